The van der Waals surface area contributed by atoms with Crippen LogP contribution in [0.2, 0.25) is 0 Å². The van der Waals surface area contributed by atoms with Crippen LogP contribution in [-0.2, 0) is 27.9 Å². The number of nitrogens with zero attached hydrogens (tertiary/aromatic N) is 2. The summed E-state index contributed by atoms with van der Waals surface area (Å²) in [6.07, 6.45) is 0.00748. The number of aromatic nitrogens is 3. The maximum Gasteiger partial charge on any atom is 0.240 e. The minimum absolute atomic E-state index is 0.00748. The Bertz CT molecular complexity index is 919. The fourth-order valence-electron chi connectivity index (χ4n) is 2.34. The van der Waals surface area contributed by atoms with E-state index in [1.807, 2.05) is 13.8 Å². The Balaban J connectivity index is 1.81. The second kappa shape index (κ2) is 9.62. The van der Waals surface area contributed by atoms with Crippen molar-refractivity contribution in [3.8, 4) is 5.75 Å². The average molecular weight is 414 g/mol. The number of nitrogens with one attached hydrogen (secondary N) is 3. The lowest BCUT2D eigenvalue weighted by Crippen LogP contribution is -2.31. The molecular weight excluding hydrogens is 390 g/mol. The molecule has 0 unspecified atom stereocenters. The van der Waals surface area contributed by atoms with Gasteiger partial charge in [-0.1, -0.05) is 0 Å². The third kappa shape index (κ3) is 5.88. The van der Waals surface area contributed by atoms with E-state index in [1.165, 1.54) is 12.1 Å². The molecule has 2 rings (SSSR count). The molecule has 0 saturated carbocycles. The molecule has 0 atom stereocenters. The van der Waals surface area contributed by atoms with Crippen LogP contribution < -0.4 is 14.8 Å². The van der Waals surface area contributed by atoms with E-state index in [2.05, 4.69) is 20.2 Å². The molecule has 0 saturated heterocycles. The van der Waals surface area contributed by atoms with Crippen molar-refractivity contribution in [1.29, 1.82) is 0 Å². The predicted molar refractivity (Wildman–Crippen MR) is 102 cm³/mol. The number of hydrogen-bond donors (Lipinski definition) is 3. The highest BCUT2D eigenvalue weighted by molar-refractivity contribution is 7.89. The minimum atomic E-state index is -3.68. The lowest BCUT2D eigenvalue weighted by molar-refractivity contribution is -0.121. The van der Waals surface area contributed by atoms with Gasteiger partial charge in [-0.15, -0.1) is 0 Å². The molecule has 1 aromatic heterocycles. The van der Waals surface area contributed by atoms with Crippen molar-refractivity contribution >= 4 is 28.1 Å². The SMILES string of the molecule is CCOc1ccc(S(=O)(=O)NCCC(=O)NCc2n[nH]c(=S)n2CC)cc1. The van der Waals surface area contributed by atoms with Crippen LogP contribution in [0.4, 0.5) is 0 Å². The fraction of sp³-hybridized carbons (Fsp3) is 0.438. The van der Waals surface area contributed by atoms with Crippen LogP contribution in [-0.4, -0.2) is 42.2 Å². The standard InChI is InChI=1S/C16H23N5O4S2/c1-3-21-14(19-20-16(21)26)11-17-15(22)9-10-18-27(23,24)13-7-5-12(6-8-13)25-4-2/h5-8,18H,3-4,9-11H2,1-2H3,(H,17,22)(H,20,26). The largest absolute Gasteiger partial charge is 0.494 e. The first-order chi connectivity index (χ1) is 12.9. The van der Waals surface area contributed by atoms with Crippen LogP contribution in [0.1, 0.15) is 26.1 Å². The minimum Gasteiger partial charge on any atom is -0.494 e. The maximum absolute atomic E-state index is 12.2. The number of hydrogen-bond acceptors (Lipinski definition) is 6. The number of rotatable bonds is 10. The molecule has 1 aromatic carbocycles. The highest BCUT2D eigenvalue weighted by Crippen LogP contribution is 2.15. The average Bonchev–Trinajstić information content (AvgIpc) is 3.00. The van der Waals surface area contributed by atoms with E-state index in [1.54, 1.807) is 16.7 Å². The third-order valence-electron chi connectivity index (χ3n) is 3.69. The number of ether oxygens (including phenoxy) is 1. The number of aromatic amines is 1. The Morgan fingerprint density at radius 2 is 2.00 bits per heavy atom. The molecule has 9 nitrogen and oxygen atoms in total. The Labute approximate surface area is 163 Å². The molecule has 0 aliphatic carbocycles. The van der Waals surface area contributed by atoms with Crippen molar-refractivity contribution in [1.82, 2.24) is 24.8 Å². The molecule has 3 N–H and O–H groups in total. The molecule has 0 spiro atoms. The zero-order valence-electron chi connectivity index (χ0n) is 15.2. The number of benzene rings is 1. The maximum atomic E-state index is 12.2. The van der Waals surface area contributed by atoms with Gasteiger partial charge in [-0.3, -0.25) is 9.89 Å². The van der Waals surface area contributed by atoms with Gasteiger partial charge in [0.2, 0.25) is 15.9 Å². The Hall–Kier alpha value is -2.24. The van der Waals surface area contributed by atoms with Gasteiger partial charge in [0, 0.05) is 19.5 Å². The summed E-state index contributed by atoms with van der Waals surface area (Å²) in [6, 6.07) is 6.10. The molecule has 1 heterocycles. The topological polar surface area (TPSA) is 118 Å². The van der Waals surface area contributed by atoms with Gasteiger partial charge in [0.1, 0.15) is 5.75 Å². The van der Waals surface area contributed by atoms with Crippen LogP contribution in [0.3, 0.4) is 0 Å². The van der Waals surface area contributed by atoms with Crippen molar-refractivity contribution in [2.75, 3.05) is 13.2 Å². The van der Waals surface area contributed by atoms with Crippen LogP contribution in [0.25, 0.3) is 0 Å². The molecule has 0 aliphatic rings. The highest BCUT2D eigenvalue weighted by Gasteiger charge is 2.14. The van der Waals surface area contributed by atoms with Gasteiger partial charge >= 0.3 is 0 Å². The fourth-order valence-corrected chi connectivity index (χ4v) is 3.65. The smallest absolute Gasteiger partial charge is 0.240 e. The molecule has 0 aliphatic heterocycles. The van der Waals surface area contributed by atoms with Crippen LogP contribution in [0.5, 0.6) is 5.75 Å². The summed E-state index contributed by atoms with van der Waals surface area (Å²) in [5.74, 6) is 0.924. The number of carbonyl (C=O) groups excluding carboxylic acids is 1. The first-order valence-corrected chi connectivity index (χ1v) is 10.4. The quantitative estimate of drug-likeness (QED) is 0.506. The molecule has 0 fully saturated rings. The van der Waals surface area contributed by atoms with E-state index in [0.717, 1.165) is 0 Å². The van der Waals surface area contributed by atoms with Gasteiger partial charge < -0.3 is 14.6 Å². The van der Waals surface area contributed by atoms with E-state index in [0.29, 0.717) is 29.5 Å². The van der Waals surface area contributed by atoms with Crippen LogP contribution in [0.15, 0.2) is 29.2 Å². The molecule has 0 bridgehead atoms. The molecule has 27 heavy (non-hydrogen) atoms. The first-order valence-electron chi connectivity index (χ1n) is 8.50. The van der Waals surface area contributed by atoms with E-state index in [9.17, 15) is 13.2 Å². The summed E-state index contributed by atoms with van der Waals surface area (Å²) in [7, 11) is -3.68. The van der Waals surface area contributed by atoms with Crippen LogP contribution >= 0.6 is 12.2 Å². The lowest BCUT2D eigenvalue weighted by atomic mass is 10.3. The summed E-state index contributed by atoms with van der Waals surface area (Å²) in [4.78, 5) is 12.0. The van der Waals surface area contributed by atoms with E-state index in [4.69, 9.17) is 17.0 Å². The van der Waals surface area contributed by atoms with E-state index < -0.39 is 10.0 Å². The van der Waals surface area contributed by atoms with Gasteiger partial charge in [-0.25, -0.2) is 13.1 Å². The number of H-pyrrole nitrogens is 1. The van der Waals surface area contributed by atoms with Gasteiger partial charge in [0.15, 0.2) is 10.6 Å². The van der Waals surface area contributed by atoms with Gasteiger partial charge in [-0.05, 0) is 50.3 Å². The van der Waals surface area contributed by atoms with Crippen molar-refractivity contribution in [2.45, 2.75) is 38.3 Å². The summed E-state index contributed by atoms with van der Waals surface area (Å²) in [6.45, 7) is 5.12. The Morgan fingerprint density at radius 1 is 1.30 bits per heavy atom. The second-order valence-corrected chi connectivity index (χ2v) is 7.67. The van der Waals surface area contributed by atoms with Crippen molar-refractivity contribution in [3.63, 3.8) is 0 Å². The monoisotopic (exact) mass is 413 g/mol. The van der Waals surface area contributed by atoms with Crippen LogP contribution in [0, 0.1) is 4.77 Å². The van der Waals surface area contributed by atoms with Gasteiger partial charge in [-0.2, -0.15) is 5.10 Å². The van der Waals surface area contributed by atoms with Crippen molar-refractivity contribution < 1.29 is 17.9 Å². The first kappa shape index (κ1) is 21.1. The van der Waals surface area contributed by atoms with E-state index in [-0.39, 0.29) is 30.3 Å². The van der Waals surface area contributed by atoms with E-state index >= 15 is 0 Å². The zero-order chi connectivity index (χ0) is 19.9. The molecule has 11 heteroatoms. The summed E-state index contributed by atoms with van der Waals surface area (Å²) < 4.78 is 34.4. The molecule has 1 amide bonds. The van der Waals surface area contributed by atoms with Gasteiger partial charge in [0.25, 0.3) is 0 Å². The second-order valence-electron chi connectivity index (χ2n) is 5.52. The third-order valence-corrected chi connectivity index (χ3v) is 5.48. The summed E-state index contributed by atoms with van der Waals surface area (Å²) >= 11 is 5.08. The highest BCUT2D eigenvalue weighted by atomic mass is 32.2. The predicted octanol–water partition coefficient (Wildman–Crippen LogP) is 1.34. The molecular formula is C16H23N5O4S2. The van der Waals surface area contributed by atoms with Gasteiger partial charge in [0.05, 0.1) is 18.0 Å². The normalized spacial score (nSPS) is 11.3. The lowest BCUT2D eigenvalue weighted by Gasteiger charge is -2.09. The summed E-state index contributed by atoms with van der Waals surface area (Å²) in [5.41, 5.74) is 0. The zero-order valence-corrected chi connectivity index (χ0v) is 16.8. The number of carbonyl (C=O) groups is 1. The molecule has 148 valence electrons. The molecule has 0 radical (unpaired) electrons. The van der Waals surface area contributed by atoms with Crippen molar-refractivity contribution in [2.24, 2.45) is 0 Å². The van der Waals surface area contributed by atoms with Crippen molar-refractivity contribution in [3.05, 3.63) is 34.9 Å². The molecule has 2 aromatic rings. The summed E-state index contributed by atoms with van der Waals surface area (Å²) in [5, 5.41) is 9.41. The Morgan fingerprint density at radius 3 is 2.63 bits per heavy atom. The Kier molecular flexibility index (Phi) is 7.51. The number of sulfonamides is 1. The number of amides is 1.